The van der Waals surface area contributed by atoms with Crippen molar-refractivity contribution >= 4 is 27.2 Å². The molecular weight excluding hydrogens is 242 g/mol. The maximum Gasteiger partial charge on any atom is 0.0446 e. The summed E-state index contributed by atoms with van der Waals surface area (Å²) in [6.45, 7) is 8.76. The van der Waals surface area contributed by atoms with Gasteiger partial charge in [-0.2, -0.15) is 0 Å². The second-order valence-electron chi connectivity index (χ2n) is 5.27. The highest BCUT2D eigenvalue weighted by Crippen LogP contribution is 2.33. The normalized spacial score (nSPS) is 11.2. The molecule has 0 saturated heterocycles. The molecule has 0 spiro atoms. The monoisotopic (exact) mass is 263 g/mol. The molecule has 3 aromatic carbocycles. The Labute approximate surface area is 120 Å². The minimum Gasteiger partial charge on any atom is -0.372 e. The van der Waals surface area contributed by atoms with E-state index in [0.717, 1.165) is 13.1 Å². The van der Waals surface area contributed by atoms with Gasteiger partial charge in [0.2, 0.25) is 0 Å². The van der Waals surface area contributed by atoms with Crippen LogP contribution in [0.25, 0.3) is 21.5 Å². The van der Waals surface area contributed by atoms with Gasteiger partial charge in [-0.25, -0.2) is 0 Å². The standard InChI is InChI=1S/C19H21N/c1-4-20(5-2)19-12-8-11-17-14(3)16-10-7-6-9-15(16)13-18(17)19/h6-13H,4-5H2,1-3H3. The highest BCUT2D eigenvalue weighted by Gasteiger charge is 2.10. The Morgan fingerprint density at radius 3 is 2.25 bits per heavy atom. The SMILES string of the molecule is CCN(CC)c1cccc2c(C)c3ccccc3cc12. The topological polar surface area (TPSA) is 3.24 Å². The zero-order valence-corrected chi connectivity index (χ0v) is 12.5. The molecule has 3 aromatic rings. The molecule has 0 aromatic heterocycles. The van der Waals surface area contributed by atoms with Gasteiger partial charge in [-0.15, -0.1) is 0 Å². The van der Waals surface area contributed by atoms with Crippen LogP contribution < -0.4 is 4.90 Å². The Bertz CT molecular complexity index is 754. The van der Waals surface area contributed by atoms with Crippen molar-refractivity contribution in [3.05, 3.63) is 54.1 Å². The van der Waals surface area contributed by atoms with Crippen molar-refractivity contribution in [2.45, 2.75) is 20.8 Å². The number of hydrogen-bond donors (Lipinski definition) is 0. The van der Waals surface area contributed by atoms with E-state index in [1.807, 2.05) is 0 Å². The van der Waals surface area contributed by atoms with Crippen molar-refractivity contribution < 1.29 is 0 Å². The van der Waals surface area contributed by atoms with Crippen molar-refractivity contribution in [3.63, 3.8) is 0 Å². The zero-order valence-electron chi connectivity index (χ0n) is 12.5. The molecule has 0 aliphatic heterocycles. The number of anilines is 1. The van der Waals surface area contributed by atoms with Gasteiger partial charge in [-0.1, -0.05) is 36.4 Å². The van der Waals surface area contributed by atoms with Gasteiger partial charge < -0.3 is 4.90 Å². The molecule has 0 bridgehead atoms. The minimum atomic E-state index is 1.04. The van der Waals surface area contributed by atoms with Gasteiger partial charge in [0.15, 0.2) is 0 Å². The Morgan fingerprint density at radius 2 is 1.50 bits per heavy atom. The van der Waals surface area contributed by atoms with Crippen LogP contribution in [0.3, 0.4) is 0 Å². The van der Waals surface area contributed by atoms with E-state index >= 15 is 0 Å². The van der Waals surface area contributed by atoms with Gasteiger partial charge in [0, 0.05) is 24.2 Å². The number of rotatable bonds is 3. The van der Waals surface area contributed by atoms with Gasteiger partial charge >= 0.3 is 0 Å². The molecular formula is C19H21N. The fourth-order valence-corrected chi connectivity index (χ4v) is 3.14. The van der Waals surface area contributed by atoms with Crippen LogP contribution in [0.1, 0.15) is 19.4 Å². The van der Waals surface area contributed by atoms with E-state index in [4.69, 9.17) is 0 Å². The smallest absolute Gasteiger partial charge is 0.0446 e. The van der Waals surface area contributed by atoms with Crippen LogP contribution in [-0.2, 0) is 0 Å². The molecule has 1 heteroatoms. The van der Waals surface area contributed by atoms with Gasteiger partial charge in [0.25, 0.3) is 0 Å². The quantitative estimate of drug-likeness (QED) is 0.591. The van der Waals surface area contributed by atoms with Crippen LogP contribution in [0.15, 0.2) is 48.5 Å². The van der Waals surface area contributed by atoms with E-state index in [0.29, 0.717) is 0 Å². The Hall–Kier alpha value is -2.02. The van der Waals surface area contributed by atoms with E-state index in [1.54, 1.807) is 0 Å². The van der Waals surface area contributed by atoms with Crippen LogP contribution in [0.4, 0.5) is 5.69 Å². The first-order chi connectivity index (χ1) is 9.76. The lowest BCUT2D eigenvalue weighted by atomic mass is 9.96. The van der Waals surface area contributed by atoms with Crippen molar-refractivity contribution in [2.75, 3.05) is 18.0 Å². The summed E-state index contributed by atoms with van der Waals surface area (Å²) in [5.74, 6) is 0. The fourth-order valence-electron chi connectivity index (χ4n) is 3.14. The molecule has 20 heavy (non-hydrogen) atoms. The van der Waals surface area contributed by atoms with Crippen LogP contribution in [0.5, 0.6) is 0 Å². The number of fused-ring (bicyclic) bond motifs is 2. The maximum atomic E-state index is 2.43. The van der Waals surface area contributed by atoms with Gasteiger partial charge in [-0.05, 0) is 54.6 Å². The summed E-state index contributed by atoms with van der Waals surface area (Å²) >= 11 is 0. The van der Waals surface area contributed by atoms with Crippen LogP contribution >= 0.6 is 0 Å². The maximum absolute atomic E-state index is 2.43. The summed E-state index contributed by atoms with van der Waals surface area (Å²) in [4.78, 5) is 2.43. The molecule has 0 radical (unpaired) electrons. The molecule has 0 atom stereocenters. The molecule has 102 valence electrons. The third-order valence-electron chi connectivity index (χ3n) is 4.26. The lowest BCUT2D eigenvalue weighted by molar-refractivity contribution is 0.870. The van der Waals surface area contributed by atoms with Gasteiger partial charge in [0.1, 0.15) is 0 Å². The predicted octanol–water partition coefficient (Wildman–Crippen LogP) is 5.15. The zero-order chi connectivity index (χ0) is 14.1. The molecule has 0 unspecified atom stereocenters. The highest BCUT2D eigenvalue weighted by molar-refractivity contribution is 6.06. The number of nitrogens with zero attached hydrogens (tertiary/aromatic N) is 1. The second-order valence-corrected chi connectivity index (χ2v) is 5.27. The average Bonchev–Trinajstić information content (AvgIpc) is 2.49. The van der Waals surface area contributed by atoms with Crippen molar-refractivity contribution in [3.8, 4) is 0 Å². The molecule has 1 nitrogen and oxygen atoms in total. The van der Waals surface area contributed by atoms with Gasteiger partial charge in [0.05, 0.1) is 0 Å². The largest absolute Gasteiger partial charge is 0.372 e. The number of benzene rings is 3. The first-order valence-corrected chi connectivity index (χ1v) is 7.42. The molecule has 0 heterocycles. The first kappa shape index (κ1) is 13.0. The predicted molar refractivity (Wildman–Crippen MR) is 89.8 cm³/mol. The van der Waals surface area contributed by atoms with Crippen molar-refractivity contribution in [1.29, 1.82) is 0 Å². The highest BCUT2D eigenvalue weighted by atomic mass is 15.1. The van der Waals surface area contributed by atoms with E-state index in [2.05, 4.69) is 74.2 Å². The lowest BCUT2D eigenvalue weighted by Gasteiger charge is -2.23. The summed E-state index contributed by atoms with van der Waals surface area (Å²) in [5.41, 5.74) is 2.73. The summed E-state index contributed by atoms with van der Waals surface area (Å²) in [6.07, 6.45) is 0. The van der Waals surface area contributed by atoms with Crippen LogP contribution in [-0.4, -0.2) is 13.1 Å². The van der Waals surface area contributed by atoms with Crippen LogP contribution in [0, 0.1) is 6.92 Å². The molecule has 0 aliphatic rings. The fraction of sp³-hybridized carbons (Fsp3) is 0.263. The second kappa shape index (κ2) is 5.16. The third kappa shape index (κ3) is 1.94. The summed E-state index contributed by atoms with van der Waals surface area (Å²) in [6, 6.07) is 17.7. The summed E-state index contributed by atoms with van der Waals surface area (Å²) < 4.78 is 0. The van der Waals surface area contributed by atoms with Crippen molar-refractivity contribution in [1.82, 2.24) is 0 Å². The van der Waals surface area contributed by atoms with E-state index < -0.39 is 0 Å². The summed E-state index contributed by atoms with van der Waals surface area (Å²) in [7, 11) is 0. The van der Waals surface area contributed by atoms with E-state index in [9.17, 15) is 0 Å². The van der Waals surface area contributed by atoms with Crippen molar-refractivity contribution in [2.24, 2.45) is 0 Å². The molecule has 0 saturated carbocycles. The molecule has 0 aliphatic carbocycles. The first-order valence-electron chi connectivity index (χ1n) is 7.42. The molecule has 3 rings (SSSR count). The van der Waals surface area contributed by atoms with Crippen LogP contribution in [0.2, 0.25) is 0 Å². The molecule has 0 N–H and O–H groups in total. The number of hydrogen-bond acceptors (Lipinski definition) is 1. The summed E-state index contributed by atoms with van der Waals surface area (Å²) in [5, 5.41) is 5.43. The molecule has 0 amide bonds. The minimum absolute atomic E-state index is 1.04. The average molecular weight is 263 g/mol. The van der Waals surface area contributed by atoms with E-state index in [1.165, 1.54) is 32.8 Å². The number of aryl methyl sites for hydroxylation is 1. The Morgan fingerprint density at radius 1 is 0.800 bits per heavy atom. The molecule has 0 fully saturated rings. The van der Waals surface area contributed by atoms with E-state index in [-0.39, 0.29) is 0 Å². The Balaban J connectivity index is 2.39. The Kier molecular flexibility index (Phi) is 3.35. The third-order valence-corrected chi connectivity index (χ3v) is 4.26. The lowest BCUT2D eigenvalue weighted by Crippen LogP contribution is -2.21. The van der Waals surface area contributed by atoms with Gasteiger partial charge in [-0.3, -0.25) is 0 Å².